The lowest BCUT2D eigenvalue weighted by Crippen LogP contribution is -2.42. The number of nitrogens with two attached hydrogens (primary N) is 1. The molecule has 2 unspecified atom stereocenters. The minimum Gasteiger partial charge on any atom is -0.385 e. The van der Waals surface area contributed by atoms with Gasteiger partial charge in [0, 0.05) is 32.3 Å². The molecule has 15 heavy (non-hydrogen) atoms. The zero-order valence-electron chi connectivity index (χ0n) is 10.2. The van der Waals surface area contributed by atoms with Crippen LogP contribution in [0.1, 0.15) is 39.0 Å². The molecule has 90 valence electrons. The van der Waals surface area contributed by atoms with Crippen LogP contribution < -0.4 is 5.73 Å². The van der Waals surface area contributed by atoms with Crippen molar-refractivity contribution in [3.63, 3.8) is 0 Å². The maximum atomic E-state index is 6.08. The van der Waals surface area contributed by atoms with Crippen molar-refractivity contribution in [2.75, 3.05) is 26.8 Å². The number of ether oxygens (including phenoxy) is 1. The third-order valence-corrected chi connectivity index (χ3v) is 3.35. The number of rotatable bonds is 5. The summed E-state index contributed by atoms with van der Waals surface area (Å²) in [6.07, 6.45) is 6.40. The Labute approximate surface area is 94.0 Å². The Kier molecular flexibility index (Phi) is 6.22. The van der Waals surface area contributed by atoms with E-state index in [4.69, 9.17) is 10.5 Å². The van der Waals surface area contributed by atoms with E-state index >= 15 is 0 Å². The van der Waals surface area contributed by atoms with Crippen molar-refractivity contribution in [2.45, 2.75) is 51.1 Å². The Morgan fingerprint density at radius 3 is 2.93 bits per heavy atom. The summed E-state index contributed by atoms with van der Waals surface area (Å²) in [5.74, 6) is 0. The summed E-state index contributed by atoms with van der Waals surface area (Å²) < 4.78 is 5.05. The lowest BCUT2D eigenvalue weighted by atomic mass is 10.1. The molecule has 1 rings (SSSR count). The first-order valence-corrected chi connectivity index (χ1v) is 6.22. The van der Waals surface area contributed by atoms with Crippen molar-refractivity contribution in [3.8, 4) is 0 Å². The zero-order valence-corrected chi connectivity index (χ0v) is 10.2. The normalized spacial score (nSPS) is 26.2. The maximum Gasteiger partial charge on any atom is 0.0477 e. The Hall–Kier alpha value is -0.120. The SMILES string of the molecule is COCCC(N)CN1CCCCCC1C. The molecule has 0 aliphatic carbocycles. The molecule has 0 spiro atoms. The van der Waals surface area contributed by atoms with E-state index in [1.54, 1.807) is 7.11 Å². The fourth-order valence-corrected chi connectivity index (χ4v) is 2.27. The van der Waals surface area contributed by atoms with Gasteiger partial charge in [-0.15, -0.1) is 0 Å². The molecule has 3 heteroatoms. The lowest BCUT2D eigenvalue weighted by molar-refractivity contribution is 0.161. The van der Waals surface area contributed by atoms with Crippen LogP contribution in [-0.4, -0.2) is 43.8 Å². The first kappa shape index (κ1) is 12.9. The molecule has 2 N–H and O–H groups in total. The predicted molar refractivity (Wildman–Crippen MR) is 64.0 cm³/mol. The van der Waals surface area contributed by atoms with Crippen molar-refractivity contribution in [1.29, 1.82) is 0 Å². The van der Waals surface area contributed by atoms with Crippen molar-refractivity contribution >= 4 is 0 Å². The average Bonchev–Trinajstić information content (AvgIpc) is 2.42. The summed E-state index contributed by atoms with van der Waals surface area (Å²) in [4.78, 5) is 2.55. The van der Waals surface area contributed by atoms with E-state index in [-0.39, 0.29) is 6.04 Å². The molecule has 3 nitrogen and oxygen atoms in total. The van der Waals surface area contributed by atoms with Crippen LogP contribution in [0.4, 0.5) is 0 Å². The van der Waals surface area contributed by atoms with Crippen LogP contribution in [0.15, 0.2) is 0 Å². The third-order valence-electron chi connectivity index (χ3n) is 3.35. The molecule has 1 aliphatic rings. The summed E-state index contributed by atoms with van der Waals surface area (Å²) in [5.41, 5.74) is 6.08. The van der Waals surface area contributed by atoms with E-state index in [2.05, 4.69) is 11.8 Å². The van der Waals surface area contributed by atoms with Crippen LogP contribution >= 0.6 is 0 Å². The molecule has 0 radical (unpaired) electrons. The summed E-state index contributed by atoms with van der Waals surface area (Å²) >= 11 is 0. The predicted octanol–water partition coefficient (Wildman–Crippen LogP) is 1.61. The highest BCUT2D eigenvalue weighted by molar-refractivity contribution is 4.75. The summed E-state index contributed by atoms with van der Waals surface area (Å²) in [7, 11) is 1.74. The molecule has 1 heterocycles. The Balaban J connectivity index is 2.27. The van der Waals surface area contributed by atoms with Gasteiger partial charge in [0.05, 0.1) is 0 Å². The summed E-state index contributed by atoms with van der Waals surface area (Å²) in [5, 5.41) is 0. The summed E-state index contributed by atoms with van der Waals surface area (Å²) in [6, 6.07) is 0.978. The zero-order chi connectivity index (χ0) is 11.1. The monoisotopic (exact) mass is 214 g/mol. The van der Waals surface area contributed by atoms with Gasteiger partial charge >= 0.3 is 0 Å². The number of hydrogen-bond acceptors (Lipinski definition) is 3. The third kappa shape index (κ3) is 4.96. The molecular formula is C12H26N2O. The highest BCUT2D eigenvalue weighted by Crippen LogP contribution is 2.16. The van der Waals surface area contributed by atoms with Gasteiger partial charge in [0.1, 0.15) is 0 Å². The topological polar surface area (TPSA) is 38.5 Å². The fourth-order valence-electron chi connectivity index (χ4n) is 2.27. The molecule has 0 saturated carbocycles. The number of methoxy groups -OCH3 is 1. The molecule has 0 aromatic heterocycles. The Bertz CT molecular complexity index is 164. The molecular weight excluding hydrogens is 188 g/mol. The van der Waals surface area contributed by atoms with Crippen molar-refractivity contribution in [1.82, 2.24) is 4.90 Å². The van der Waals surface area contributed by atoms with Crippen molar-refractivity contribution in [2.24, 2.45) is 5.73 Å². The van der Waals surface area contributed by atoms with Crippen LogP contribution in [0.3, 0.4) is 0 Å². The smallest absolute Gasteiger partial charge is 0.0477 e. The van der Waals surface area contributed by atoms with Crippen LogP contribution in [0, 0.1) is 0 Å². The Morgan fingerprint density at radius 2 is 2.20 bits per heavy atom. The largest absolute Gasteiger partial charge is 0.385 e. The van der Waals surface area contributed by atoms with E-state index in [9.17, 15) is 0 Å². The van der Waals surface area contributed by atoms with Crippen LogP contribution in [-0.2, 0) is 4.74 Å². The first-order chi connectivity index (χ1) is 7.24. The van der Waals surface area contributed by atoms with Crippen molar-refractivity contribution in [3.05, 3.63) is 0 Å². The van der Waals surface area contributed by atoms with Gasteiger partial charge in [0.2, 0.25) is 0 Å². The minimum absolute atomic E-state index is 0.269. The standard InChI is InChI=1S/C12H26N2O/c1-11-6-4-3-5-8-14(11)10-12(13)7-9-15-2/h11-12H,3-10,13H2,1-2H3. The molecule has 1 fully saturated rings. The maximum absolute atomic E-state index is 6.08. The van der Waals surface area contributed by atoms with Crippen LogP contribution in [0.2, 0.25) is 0 Å². The van der Waals surface area contributed by atoms with Gasteiger partial charge < -0.3 is 10.5 Å². The highest BCUT2D eigenvalue weighted by atomic mass is 16.5. The van der Waals surface area contributed by atoms with Gasteiger partial charge in [-0.25, -0.2) is 0 Å². The van der Waals surface area contributed by atoms with E-state index < -0.39 is 0 Å². The van der Waals surface area contributed by atoms with Crippen LogP contribution in [0.25, 0.3) is 0 Å². The molecule has 0 amide bonds. The van der Waals surface area contributed by atoms with E-state index in [0.717, 1.165) is 19.6 Å². The second kappa shape index (κ2) is 7.20. The Morgan fingerprint density at radius 1 is 1.40 bits per heavy atom. The lowest BCUT2D eigenvalue weighted by Gasteiger charge is -2.29. The number of likely N-dealkylation sites (tertiary alicyclic amines) is 1. The van der Waals surface area contributed by atoms with Gasteiger partial charge in [-0.3, -0.25) is 4.90 Å². The molecule has 1 aliphatic heterocycles. The first-order valence-electron chi connectivity index (χ1n) is 6.22. The molecule has 0 aromatic rings. The van der Waals surface area contributed by atoms with E-state index in [0.29, 0.717) is 6.04 Å². The summed E-state index contributed by atoms with van der Waals surface area (Å²) in [6.45, 7) is 5.37. The van der Waals surface area contributed by atoms with Gasteiger partial charge in [-0.2, -0.15) is 0 Å². The molecule has 1 saturated heterocycles. The number of nitrogens with zero attached hydrogens (tertiary/aromatic N) is 1. The minimum atomic E-state index is 0.269. The molecule has 2 atom stereocenters. The molecule has 0 aromatic carbocycles. The average molecular weight is 214 g/mol. The van der Waals surface area contributed by atoms with E-state index in [1.807, 2.05) is 0 Å². The second-order valence-corrected chi connectivity index (χ2v) is 4.73. The van der Waals surface area contributed by atoms with Gasteiger partial charge in [0.15, 0.2) is 0 Å². The van der Waals surface area contributed by atoms with Crippen LogP contribution in [0.5, 0.6) is 0 Å². The molecule has 0 bridgehead atoms. The quantitative estimate of drug-likeness (QED) is 0.755. The van der Waals surface area contributed by atoms with Gasteiger partial charge in [-0.1, -0.05) is 12.8 Å². The second-order valence-electron chi connectivity index (χ2n) is 4.73. The van der Waals surface area contributed by atoms with Gasteiger partial charge in [0.25, 0.3) is 0 Å². The number of hydrogen-bond donors (Lipinski definition) is 1. The van der Waals surface area contributed by atoms with Gasteiger partial charge in [-0.05, 0) is 32.7 Å². The van der Waals surface area contributed by atoms with E-state index in [1.165, 1.54) is 32.2 Å². The van der Waals surface area contributed by atoms with Crippen molar-refractivity contribution < 1.29 is 4.74 Å². The highest BCUT2D eigenvalue weighted by Gasteiger charge is 2.18. The fraction of sp³-hybridized carbons (Fsp3) is 1.00.